The second-order valence-corrected chi connectivity index (χ2v) is 5.42. The summed E-state index contributed by atoms with van der Waals surface area (Å²) in [5.74, 6) is -0.561. The minimum absolute atomic E-state index is 0.0302. The number of nitrogens with zero attached hydrogens (tertiary/aromatic N) is 2. The Balaban J connectivity index is 2.18. The van der Waals surface area contributed by atoms with Crippen LogP contribution in [0.4, 0.5) is 0 Å². The Morgan fingerprint density at radius 3 is 2.83 bits per heavy atom. The molecule has 0 bridgehead atoms. The standard InChI is InChI=1S/C10H13N3O4S/c11-3-6-17-7-5-13-10(14)8-2-1-4-12-9(8)18(13,15)16/h1-2,4H,3,5-7,11H2. The molecule has 2 N–H and O–H groups in total. The van der Waals surface area contributed by atoms with Gasteiger partial charge in [0.25, 0.3) is 15.9 Å². The van der Waals surface area contributed by atoms with Crippen molar-refractivity contribution in [2.45, 2.75) is 5.03 Å². The Labute approximate surface area is 105 Å². The average molecular weight is 271 g/mol. The summed E-state index contributed by atoms with van der Waals surface area (Å²) in [4.78, 5) is 15.6. The molecule has 1 aliphatic rings. The lowest BCUT2D eigenvalue weighted by Gasteiger charge is -2.14. The largest absolute Gasteiger partial charge is 0.378 e. The molecule has 18 heavy (non-hydrogen) atoms. The molecule has 7 nitrogen and oxygen atoms in total. The summed E-state index contributed by atoms with van der Waals surface area (Å²) in [6, 6.07) is 2.98. The fourth-order valence-corrected chi connectivity index (χ4v) is 3.13. The summed E-state index contributed by atoms with van der Waals surface area (Å²) in [5, 5.41) is -0.186. The first-order valence-electron chi connectivity index (χ1n) is 5.39. The summed E-state index contributed by atoms with van der Waals surface area (Å²) < 4.78 is 29.9. The van der Waals surface area contributed by atoms with Gasteiger partial charge in [-0.25, -0.2) is 9.29 Å². The number of aromatic nitrogens is 1. The van der Waals surface area contributed by atoms with E-state index < -0.39 is 15.9 Å². The maximum atomic E-state index is 12.0. The number of carbonyl (C=O) groups excluding carboxylic acids is 1. The zero-order valence-corrected chi connectivity index (χ0v) is 10.4. The first-order chi connectivity index (χ1) is 8.59. The van der Waals surface area contributed by atoms with Crippen LogP contribution in [-0.2, 0) is 14.8 Å². The van der Waals surface area contributed by atoms with Crippen molar-refractivity contribution in [1.29, 1.82) is 0 Å². The molecule has 1 aromatic rings. The number of pyridine rings is 1. The number of fused-ring (bicyclic) bond motifs is 1. The van der Waals surface area contributed by atoms with Crippen molar-refractivity contribution in [2.75, 3.05) is 26.3 Å². The van der Waals surface area contributed by atoms with Gasteiger partial charge in [-0.2, -0.15) is 8.42 Å². The molecule has 0 unspecified atom stereocenters. The van der Waals surface area contributed by atoms with Crippen LogP contribution in [0.3, 0.4) is 0 Å². The van der Waals surface area contributed by atoms with Crippen LogP contribution >= 0.6 is 0 Å². The molecule has 8 heteroatoms. The first kappa shape index (κ1) is 12.9. The number of hydrogen-bond acceptors (Lipinski definition) is 6. The molecule has 98 valence electrons. The fraction of sp³-hybridized carbons (Fsp3) is 0.400. The predicted molar refractivity (Wildman–Crippen MR) is 62.3 cm³/mol. The topological polar surface area (TPSA) is 103 Å². The van der Waals surface area contributed by atoms with Gasteiger partial charge in [-0.15, -0.1) is 0 Å². The lowest BCUT2D eigenvalue weighted by molar-refractivity contribution is 0.0805. The van der Waals surface area contributed by atoms with Gasteiger partial charge in [0.1, 0.15) is 0 Å². The second-order valence-electron chi connectivity index (χ2n) is 3.64. The van der Waals surface area contributed by atoms with Gasteiger partial charge in [0.2, 0.25) is 0 Å². The third kappa shape index (κ3) is 2.09. The van der Waals surface area contributed by atoms with Gasteiger partial charge in [0, 0.05) is 12.7 Å². The number of ether oxygens (including phenoxy) is 1. The molecular formula is C10H13N3O4S. The van der Waals surface area contributed by atoms with Gasteiger partial charge in [-0.05, 0) is 12.1 Å². The van der Waals surface area contributed by atoms with E-state index >= 15 is 0 Å². The van der Waals surface area contributed by atoms with Crippen molar-refractivity contribution < 1.29 is 17.9 Å². The molecule has 0 radical (unpaired) electrons. The molecule has 0 fully saturated rings. The summed E-state index contributed by atoms with van der Waals surface area (Å²) in [7, 11) is -3.82. The van der Waals surface area contributed by atoms with E-state index in [0.29, 0.717) is 13.2 Å². The highest BCUT2D eigenvalue weighted by Gasteiger charge is 2.41. The number of carbonyl (C=O) groups is 1. The molecule has 0 aliphatic carbocycles. The quantitative estimate of drug-likeness (QED) is 0.703. The Morgan fingerprint density at radius 1 is 1.39 bits per heavy atom. The van der Waals surface area contributed by atoms with Crippen LogP contribution in [0.2, 0.25) is 0 Å². The maximum Gasteiger partial charge on any atom is 0.285 e. The van der Waals surface area contributed by atoms with Crippen LogP contribution < -0.4 is 5.73 Å². The third-order valence-electron chi connectivity index (χ3n) is 2.46. The van der Waals surface area contributed by atoms with Crippen LogP contribution in [0.15, 0.2) is 23.4 Å². The first-order valence-corrected chi connectivity index (χ1v) is 6.83. The lowest BCUT2D eigenvalue weighted by Crippen LogP contribution is -2.33. The Hall–Kier alpha value is -1.51. The van der Waals surface area contributed by atoms with Crippen molar-refractivity contribution >= 4 is 15.9 Å². The Bertz CT molecular complexity index is 558. The SMILES string of the molecule is NCCOCCN1C(=O)c2cccnc2S1(=O)=O. The maximum absolute atomic E-state index is 12.0. The highest BCUT2D eigenvalue weighted by molar-refractivity contribution is 7.90. The van der Waals surface area contributed by atoms with Gasteiger partial charge in [-0.1, -0.05) is 0 Å². The van der Waals surface area contributed by atoms with E-state index in [2.05, 4.69) is 4.98 Å². The molecule has 2 rings (SSSR count). The van der Waals surface area contributed by atoms with Crippen LogP contribution in [0.25, 0.3) is 0 Å². The summed E-state index contributed by atoms with van der Waals surface area (Å²) in [6.45, 7) is 0.767. The zero-order chi connectivity index (χ0) is 13.2. The molecule has 0 saturated carbocycles. The summed E-state index contributed by atoms with van der Waals surface area (Å²) in [5.41, 5.74) is 5.35. The van der Waals surface area contributed by atoms with E-state index in [1.807, 2.05) is 0 Å². The normalized spacial score (nSPS) is 16.9. The fourth-order valence-electron chi connectivity index (χ4n) is 1.66. The smallest absolute Gasteiger partial charge is 0.285 e. The zero-order valence-electron chi connectivity index (χ0n) is 9.57. The average Bonchev–Trinajstić information content (AvgIpc) is 2.55. The van der Waals surface area contributed by atoms with Crippen molar-refractivity contribution in [3.05, 3.63) is 23.9 Å². The number of sulfonamides is 1. The highest BCUT2D eigenvalue weighted by Crippen LogP contribution is 2.27. The molecule has 0 spiro atoms. The van der Waals surface area contributed by atoms with E-state index in [1.165, 1.54) is 18.3 Å². The molecule has 0 saturated heterocycles. The van der Waals surface area contributed by atoms with Crippen molar-refractivity contribution in [3.63, 3.8) is 0 Å². The second kappa shape index (κ2) is 5.01. The van der Waals surface area contributed by atoms with Crippen molar-refractivity contribution in [2.24, 2.45) is 5.73 Å². The van der Waals surface area contributed by atoms with Crippen LogP contribution in [0.1, 0.15) is 10.4 Å². The predicted octanol–water partition coefficient (Wildman–Crippen LogP) is -0.799. The molecule has 1 aromatic heterocycles. The van der Waals surface area contributed by atoms with Crippen molar-refractivity contribution in [3.8, 4) is 0 Å². The number of hydrogen-bond donors (Lipinski definition) is 1. The molecule has 0 atom stereocenters. The van der Waals surface area contributed by atoms with E-state index in [4.69, 9.17) is 10.5 Å². The van der Waals surface area contributed by atoms with Gasteiger partial charge in [0.05, 0.1) is 25.3 Å². The molecule has 2 heterocycles. The molecule has 1 aliphatic heterocycles. The lowest BCUT2D eigenvalue weighted by atomic mass is 10.3. The van der Waals surface area contributed by atoms with Gasteiger partial charge in [-0.3, -0.25) is 4.79 Å². The van der Waals surface area contributed by atoms with E-state index in [-0.39, 0.29) is 23.7 Å². The number of rotatable bonds is 5. The van der Waals surface area contributed by atoms with E-state index in [0.717, 1.165) is 4.31 Å². The van der Waals surface area contributed by atoms with Crippen LogP contribution in [0.5, 0.6) is 0 Å². The summed E-state index contributed by atoms with van der Waals surface area (Å²) in [6.07, 6.45) is 1.35. The number of nitrogens with two attached hydrogens (primary N) is 1. The minimum Gasteiger partial charge on any atom is -0.378 e. The summed E-state index contributed by atoms with van der Waals surface area (Å²) >= 11 is 0. The van der Waals surface area contributed by atoms with Gasteiger partial charge in [0.15, 0.2) is 5.03 Å². The monoisotopic (exact) mass is 271 g/mol. The van der Waals surface area contributed by atoms with Crippen LogP contribution in [0, 0.1) is 0 Å². The minimum atomic E-state index is -3.82. The van der Waals surface area contributed by atoms with Gasteiger partial charge < -0.3 is 10.5 Å². The molecular weight excluding hydrogens is 258 g/mol. The third-order valence-corrected chi connectivity index (χ3v) is 4.21. The van der Waals surface area contributed by atoms with Crippen molar-refractivity contribution in [1.82, 2.24) is 9.29 Å². The van der Waals surface area contributed by atoms with E-state index in [1.54, 1.807) is 0 Å². The number of amides is 1. The Morgan fingerprint density at radius 2 is 2.17 bits per heavy atom. The van der Waals surface area contributed by atoms with Gasteiger partial charge >= 0.3 is 0 Å². The van der Waals surface area contributed by atoms with Crippen LogP contribution in [-0.4, -0.2) is 49.9 Å². The molecule has 1 amide bonds. The highest BCUT2D eigenvalue weighted by atomic mass is 32.2. The molecule has 0 aromatic carbocycles. The van der Waals surface area contributed by atoms with E-state index in [9.17, 15) is 13.2 Å². The Kier molecular flexibility index (Phi) is 3.60.